The second-order valence-electron chi connectivity index (χ2n) is 6.95. The van der Waals surface area contributed by atoms with E-state index >= 15 is 0 Å². The molecular formula is C19H20N4O4S. The van der Waals surface area contributed by atoms with E-state index in [-0.39, 0.29) is 17.5 Å². The summed E-state index contributed by atoms with van der Waals surface area (Å²) in [6.07, 6.45) is 0.289. The monoisotopic (exact) mass is 400 g/mol. The lowest BCUT2D eigenvalue weighted by atomic mass is 10.0. The van der Waals surface area contributed by atoms with Crippen LogP contribution in [0.3, 0.4) is 0 Å². The summed E-state index contributed by atoms with van der Waals surface area (Å²) in [5, 5.41) is 4.56. The Kier molecular flexibility index (Phi) is 5.55. The van der Waals surface area contributed by atoms with Crippen molar-refractivity contribution >= 4 is 40.1 Å². The molecule has 146 valence electrons. The van der Waals surface area contributed by atoms with Gasteiger partial charge in [-0.15, -0.1) is 11.3 Å². The van der Waals surface area contributed by atoms with Crippen molar-refractivity contribution in [2.75, 3.05) is 5.32 Å². The summed E-state index contributed by atoms with van der Waals surface area (Å²) in [5.74, 6) is -1.90. The second-order valence-corrected chi connectivity index (χ2v) is 7.81. The Balaban J connectivity index is 1.83. The molecule has 0 aliphatic carbocycles. The summed E-state index contributed by atoms with van der Waals surface area (Å²) in [5.41, 5.74) is 6.20. The molecule has 0 saturated carbocycles. The number of primary amides is 1. The number of aromatic nitrogens is 1. The van der Waals surface area contributed by atoms with Gasteiger partial charge >= 0.3 is 0 Å². The smallest absolute Gasteiger partial charge is 0.262 e. The molecule has 0 radical (unpaired) electrons. The van der Waals surface area contributed by atoms with Crippen molar-refractivity contribution < 1.29 is 19.2 Å². The topological polar surface area (TPSA) is 122 Å². The Labute approximate surface area is 165 Å². The molecule has 1 atom stereocenters. The fourth-order valence-corrected chi connectivity index (χ4v) is 3.79. The van der Waals surface area contributed by atoms with Gasteiger partial charge in [-0.05, 0) is 24.5 Å². The Bertz CT molecular complexity index is 918. The van der Waals surface area contributed by atoms with Gasteiger partial charge in [0.05, 0.1) is 23.2 Å². The summed E-state index contributed by atoms with van der Waals surface area (Å²) in [6, 6.07) is 5.56. The molecule has 0 spiro atoms. The maximum absolute atomic E-state index is 12.9. The third-order valence-corrected chi connectivity index (χ3v) is 5.08. The zero-order valence-corrected chi connectivity index (χ0v) is 16.3. The van der Waals surface area contributed by atoms with Crippen LogP contribution >= 0.6 is 11.3 Å². The van der Waals surface area contributed by atoms with Crippen molar-refractivity contribution in [2.24, 2.45) is 11.7 Å². The number of nitrogens with one attached hydrogen (secondary N) is 1. The first-order chi connectivity index (χ1) is 13.3. The number of thiazole rings is 1. The number of carbonyl (C=O) groups excluding carboxylic acids is 4. The summed E-state index contributed by atoms with van der Waals surface area (Å²) < 4.78 is 0. The van der Waals surface area contributed by atoms with Crippen LogP contribution in [0.25, 0.3) is 0 Å². The van der Waals surface area contributed by atoms with E-state index in [4.69, 9.17) is 5.73 Å². The maximum Gasteiger partial charge on any atom is 0.262 e. The van der Waals surface area contributed by atoms with Gasteiger partial charge in [-0.25, -0.2) is 4.98 Å². The number of hydrogen-bond acceptors (Lipinski definition) is 6. The highest BCUT2D eigenvalue weighted by atomic mass is 32.1. The third-order valence-electron chi connectivity index (χ3n) is 4.27. The van der Waals surface area contributed by atoms with Gasteiger partial charge < -0.3 is 11.1 Å². The minimum absolute atomic E-state index is 0.0276. The predicted octanol–water partition coefficient (Wildman–Crippen LogP) is 1.82. The van der Waals surface area contributed by atoms with Crippen LogP contribution in [0.1, 0.15) is 46.7 Å². The van der Waals surface area contributed by atoms with Gasteiger partial charge in [0.1, 0.15) is 6.04 Å². The van der Waals surface area contributed by atoms with E-state index in [1.807, 2.05) is 13.8 Å². The number of rotatable bonds is 7. The van der Waals surface area contributed by atoms with E-state index in [0.717, 1.165) is 16.2 Å². The fourth-order valence-electron chi connectivity index (χ4n) is 3.08. The van der Waals surface area contributed by atoms with Crippen LogP contribution in [-0.2, 0) is 16.0 Å². The average Bonchev–Trinajstić information content (AvgIpc) is 3.15. The Hall–Kier alpha value is -3.07. The van der Waals surface area contributed by atoms with Crippen LogP contribution in [0.5, 0.6) is 0 Å². The zero-order valence-electron chi connectivity index (χ0n) is 15.5. The zero-order chi connectivity index (χ0) is 20.4. The van der Waals surface area contributed by atoms with Gasteiger partial charge in [0, 0.05) is 5.38 Å². The van der Waals surface area contributed by atoms with Gasteiger partial charge in [-0.3, -0.25) is 24.1 Å². The number of hydrogen-bond donors (Lipinski definition) is 2. The molecule has 1 unspecified atom stereocenters. The van der Waals surface area contributed by atoms with Gasteiger partial charge in [0.15, 0.2) is 5.13 Å². The molecule has 3 N–H and O–H groups in total. The SMILES string of the molecule is CC(C)CC(C(=O)Nc1nc(CC(N)=O)cs1)N1C(=O)c2ccccc2C1=O. The molecule has 1 aliphatic rings. The van der Waals surface area contributed by atoms with Crippen LogP contribution in [0.2, 0.25) is 0 Å². The number of anilines is 1. The van der Waals surface area contributed by atoms with Crippen molar-refractivity contribution in [3.05, 3.63) is 46.5 Å². The quantitative estimate of drug-likeness (QED) is 0.687. The average molecular weight is 400 g/mol. The third kappa shape index (κ3) is 3.94. The number of carbonyl (C=O) groups is 4. The minimum atomic E-state index is -0.962. The molecule has 1 aromatic carbocycles. The molecule has 2 heterocycles. The number of imide groups is 1. The van der Waals surface area contributed by atoms with Crippen LogP contribution in [0.4, 0.5) is 5.13 Å². The number of benzene rings is 1. The van der Waals surface area contributed by atoms with E-state index in [2.05, 4.69) is 10.3 Å². The van der Waals surface area contributed by atoms with Crippen molar-refractivity contribution in [3.63, 3.8) is 0 Å². The van der Waals surface area contributed by atoms with E-state index < -0.39 is 29.7 Å². The lowest BCUT2D eigenvalue weighted by Gasteiger charge is -2.26. The molecule has 9 heteroatoms. The number of fused-ring (bicyclic) bond motifs is 1. The molecule has 4 amide bonds. The largest absolute Gasteiger partial charge is 0.369 e. The molecular weight excluding hydrogens is 380 g/mol. The summed E-state index contributed by atoms with van der Waals surface area (Å²) >= 11 is 1.15. The first kappa shape index (κ1) is 19.7. The normalized spacial score (nSPS) is 14.3. The second kappa shape index (κ2) is 7.89. The lowest BCUT2D eigenvalue weighted by Crippen LogP contribution is -2.47. The van der Waals surface area contributed by atoms with Crippen molar-refractivity contribution in [1.29, 1.82) is 0 Å². The number of nitrogens with zero attached hydrogens (tertiary/aromatic N) is 2. The molecule has 28 heavy (non-hydrogen) atoms. The highest BCUT2D eigenvalue weighted by Crippen LogP contribution is 2.28. The molecule has 0 fully saturated rings. The predicted molar refractivity (Wildman–Crippen MR) is 104 cm³/mol. The highest BCUT2D eigenvalue weighted by Gasteiger charge is 2.42. The minimum Gasteiger partial charge on any atom is -0.369 e. The molecule has 8 nitrogen and oxygen atoms in total. The highest BCUT2D eigenvalue weighted by molar-refractivity contribution is 7.13. The summed E-state index contributed by atoms with van der Waals surface area (Å²) in [4.78, 5) is 54.7. The van der Waals surface area contributed by atoms with Crippen molar-refractivity contribution in [1.82, 2.24) is 9.88 Å². The van der Waals surface area contributed by atoms with Crippen LogP contribution in [0, 0.1) is 5.92 Å². The fraction of sp³-hybridized carbons (Fsp3) is 0.316. The van der Waals surface area contributed by atoms with Crippen molar-refractivity contribution in [2.45, 2.75) is 32.7 Å². The maximum atomic E-state index is 12.9. The Morgan fingerprint density at radius 3 is 2.32 bits per heavy atom. The summed E-state index contributed by atoms with van der Waals surface area (Å²) in [6.45, 7) is 3.82. The molecule has 0 bridgehead atoms. The molecule has 2 aromatic rings. The van der Waals surface area contributed by atoms with Gasteiger partial charge in [-0.1, -0.05) is 26.0 Å². The van der Waals surface area contributed by atoms with Crippen molar-refractivity contribution in [3.8, 4) is 0 Å². The Morgan fingerprint density at radius 2 is 1.79 bits per heavy atom. The molecule has 1 aliphatic heterocycles. The van der Waals surface area contributed by atoms with E-state index in [1.54, 1.807) is 29.6 Å². The molecule has 3 rings (SSSR count). The van der Waals surface area contributed by atoms with E-state index in [0.29, 0.717) is 23.2 Å². The van der Waals surface area contributed by atoms with Gasteiger partial charge in [0.25, 0.3) is 11.8 Å². The number of amides is 4. The van der Waals surface area contributed by atoms with Crippen LogP contribution < -0.4 is 11.1 Å². The number of nitrogens with two attached hydrogens (primary N) is 1. The molecule has 1 aromatic heterocycles. The van der Waals surface area contributed by atoms with Crippen LogP contribution in [-0.4, -0.2) is 39.6 Å². The van der Waals surface area contributed by atoms with Gasteiger partial charge in [-0.2, -0.15) is 0 Å². The first-order valence-corrected chi connectivity index (χ1v) is 9.66. The Morgan fingerprint density at radius 1 is 1.18 bits per heavy atom. The first-order valence-electron chi connectivity index (χ1n) is 8.78. The summed E-state index contributed by atoms with van der Waals surface area (Å²) in [7, 11) is 0. The standard InChI is InChI=1S/C19H20N4O4S/c1-10(2)7-14(16(25)22-19-21-11(9-28-19)8-15(20)24)23-17(26)12-5-3-4-6-13(12)18(23)27/h3-6,9-10,14H,7-8H2,1-2H3,(H2,20,24)(H,21,22,25). The van der Waals surface area contributed by atoms with E-state index in [1.165, 1.54) is 0 Å². The van der Waals surface area contributed by atoms with E-state index in [9.17, 15) is 19.2 Å². The van der Waals surface area contributed by atoms with Gasteiger partial charge in [0.2, 0.25) is 11.8 Å². The molecule has 0 saturated heterocycles. The lowest BCUT2D eigenvalue weighted by molar-refractivity contribution is -0.120. The van der Waals surface area contributed by atoms with Crippen LogP contribution in [0.15, 0.2) is 29.6 Å².